The molecule has 1 saturated heterocycles. The van der Waals surface area contributed by atoms with E-state index in [1.807, 2.05) is 37.8 Å². The monoisotopic (exact) mass is 410 g/mol. The first-order valence-corrected chi connectivity index (χ1v) is 10.5. The number of hydrogen-bond acceptors (Lipinski definition) is 5. The maximum Gasteiger partial charge on any atom is 0.254 e. The topological polar surface area (TPSA) is 84.4 Å². The predicted octanol–water partition coefficient (Wildman–Crippen LogP) is 2.80. The first-order chi connectivity index (χ1) is 14.4. The summed E-state index contributed by atoms with van der Waals surface area (Å²) < 4.78 is 5.23. The number of nitrogens with zero attached hydrogens (tertiary/aromatic N) is 3. The van der Waals surface area contributed by atoms with Crippen molar-refractivity contribution in [3.8, 4) is 5.75 Å². The van der Waals surface area contributed by atoms with E-state index in [0.29, 0.717) is 37.4 Å². The van der Waals surface area contributed by atoms with Gasteiger partial charge in [0.25, 0.3) is 5.91 Å². The predicted molar refractivity (Wildman–Crippen MR) is 115 cm³/mol. The van der Waals surface area contributed by atoms with Gasteiger partial charge in [0.05, 0.1) is 13.5 Å². The number of amides is 2. The highest BCUT2D eigenvalue weighted by atomic mass is 16.5. The van der Waals surface area contributed by atoms with Gasteiger partial charge in [-0.1, -0.05) is 13.0 Å². The Balaban J connectivity index is 1.70. The third kappa shape index (κ3) is 4.96. The molecule has 0 spiro atoms. The van der Waals surface area contributed by atoms with Crippen molar-refractivity contribution >= 4 is 11.8 Å². The SMILES string of the molecule is CCCNC(=O)Cc1c(C)nc(C2CCN(C(=O)c3cccc(OC)c3)C2)nc1C. The molecule has 2 aromatic rings. The Labute approximate surface area is 177 Å². The maximum atomic E-state index is 12.9. The van der Waals surface area contributed by atoms with Crippen molar-refractivity contribution in [1.82, 2.24) is 20.2 Å². The van der Waals surface area contributed by atoms with E-state index in [-0.39, 0.29) is 17.7 Å². The van der Waals surface area contributed by atoms with Crippen molar-refractivity contribution in [2.24, 2.45) is 0 Å². The molecule has 0 radical (unpaired) electrons. The second kappa shape index (κ2) is 9.69. The fourth-order valence-electron chi connectivity index (χ4n) is 3.79. The van der Waals surface area contributed by atoms with Gasteiger partial charge in [0.15, 0.2) is 0 Å². The van der Waals surface area contributed by atoms with Gasteiger partial charge in [-0.15, -0.1) is 0 Å². The van der Waals surface area contributed by atoms with Crippen LogP contribution in [0.2, 0.25) is 0 Å². The van der Waals surface area contributed by atoms with E-state index in [9.17, 15) is 9.59 Å². The maximum absolute atomic E-state index is 12.9. The molecule has 1 N–H and O–H groups in total. The first-order valence-electron chi connectivity index (χ1n) is 10.5. The van der Waals surface area contributed by atoms with Gasteiger partial charge < -0.3 is 15.0 Å². The Morgan fingerprint density at radius 2 is 1.97 bits per heavy atom. The molecule has 7 heteroatoms. The number of methoxy groups -OCH3 is 1. The third-order valence-electron chi connectivity index (χ3n) is 5.50. The zero-order valence-electron chi connectivity index (χ0n) is 18.2. The number of hydrogen-bond donors (Lipinski definition) is 1. The van der Waals surface area contributed by atoms with E-state index in [0.717, 1.165) is 35.6 Å². The van der Waals surface area contributed by atoms with Crippen molar-refractivity contribution in [3.05, 3.63) is 52.6 Å². The summed E-state index contributed by atoms with van der Waals surface area (Å²) >= 11 is 0. The van der Waals surface area contributed by atoms with Gasteiger partial charge in [0, 0.05) is 48.1 Å². The van der Waals surface area contributed by atoms with E-state index in [2.05, 4.69) is 5.32 Å². The number of carbonyl (C=O) groups excluding carboxylic acids is 2. The van der Waals surface area contributed by atoms with E-state index >= 15 is 0 Å². The average Bonchev–Trinajstić information content (AvgIpc) is 3.24. The highest BCUT2D eigenvalue weighted by molar-refractivity contribution is 5.94. The van der Waals surface area contributed by atoms with E-state index in [1.165, 1.54) is 0 Å². The molecule has 2 amide bonds. The first kappa shape index (κ1) is 21.7. The summed E-state index contributed by atoms with van der Waals surface area (Å²) in [5.74, 6) is 1.51. The Morgan fingerprint density at radius 3 is 2.63 bits per heavy atom. The number of aromatic nitrogens is 2. The summed E-state index contributed by atoms with van der Waals surface area (Å²) in [5, 5.41) is 2.90. The number of aryl methyl sites for hydroxylation is 2. The lowest BCUT2D eigenvalue weighted by atomic mass is 10.0. The quantitative estimate of drug-likeness (QED) is 0.759. The number of rotatable bonds is 7. The minimum atomic E-state index is -0.00550. The molecule has 1 aliphatic rings. The second-order valence-corrected chi connectivity index (χ2v) is 7.73. The Kier molecular flexibility index (Phi) is 7.03. The third-order valence-corrected chi connectivity index (χ3v) is 5.50. The van der Waals surface area contributed by atoms with Crippen molar-refractivity contribution in [1.29, 1.82) is 0 Å². The molecule has 1 aliphatic heterocycles. The molecule has 1 atom stereocenters. The summed E-state index contributed by atoms with van der Waals surface area (Å²) in [4.78, 5) is 36.2. The summed E-state index contributed by atoms with van der Waals surface area (Å²) in [7, 11) is 1.59. The molecule has 0 saturated carbocycles. The molecule has 0 aliphatic carbocycles. The van der Waals surface area contributed by atoms with Gasteiger partial charge in [-0.05, 0) is 44.9 Å². The molecule has 160 valence electrons. The van der Waals surface area contributed by atoms with Crippen LogP contribution in [0.3, 0.4) is 0 Å². The fraction of sp³-hybridized carbons (Fsp3) is 0.478. The van der Waals surface area contributed by atoms with Gasteiger partial charge in [-0.25, -0.2) is 9.97 Å². The standard InChI is InChI=1S/C23H30N4O3/c1-5-10-24-21(28)13-20-15(2)25-22(26-16(20)3)18-9-11-27(14-18)23(29)17-7-6-8-19(12-17)30-4/h6-8,12,18H,5,9-11,13-14H2,1-4H3,(H,24,28). The van der Waals surface area contributed by atoms with Gasteiger partial charge in [-0.3, -0.25) is 9.59 Å². The lowest BCUT2D eigenvalue weighted by Gasteiger charge is -2.17. The minimum Gasteiger partial charge on any atom is -0.497 e. The van der Waals surface area contributed by atoms with Crippen LogP contribution >= 0.6 is 0 Å². The van der Waals surface area contributed by atoms with Crippen LogP contribution in [0.1, 0.15) is 58.8 Å². The molecule has 3 rings (SSSR count). The van der Waals surface area contributed by atoms with Crippen LogP contribution in [0.15, 0.2) is 24.3 Å². The van der Waals surface area contributed by atoms with Gasteiger partial charge >= 0.3 is 0 Å². The van der Waals surface area contributed by atoms with E-state index in [1.54, 1.807) is 19.2 Å². The highest BCUT2D eigenvalue weighted by Crippen LogP contribution is 2.28. The second-order valence-electron chi connectivity index (χ2n) is 7.73. The smallest absolute Gasteiger partial charge is 0.254 e. The summed E-state index contributed by atoms with van der Waals surface area (Å²) in [6.45, 7) is 7.81. The lowest BCUT2D eigenvalue weighted by Crippen LogP contribution is -2.29. The molecule has 1 fully saturated rings. The normalized spacial score (nSPS) is 15.9. The van der Waals surface area contributed by atoms with Crippen LogP contribution in [0.4, 0.5) is 0 Å². The van der Waals surface area contributed by atoms with Crippen LogP contribution in [0, 0.1) is 13.8 Å². The van der Waals surface area contributed by atoms with Crippen molar-refractivity contribution < 1.29 is 14.3 Å². The molecule has 1 aromatic carbocycles. The fourth-order valence-corrected chi connectivity index (χ4v) is 3.79. The van der Waals surface area contributed by atoms with Crippen LogP contribution < -0.4 is 10.1 Å². The Bertz CT molecular complexity index is 905. The van der Waals surface area contributed by atoms with Crippen molar-refractivity contribution in [2.75, 3.05) is 26.7 Å². The Morgan fingerprint density at radius 1 is 1.23 bits per heavy atom. The summed E-state index contributed by atoms with van der Waals surface area (Å²) in [5.41, 5.74) is 3.18. The van der Waals surface area contributed by atoms with Crippen molar-refractivity contribution in [3.63, 3.8) is 0 Å². The van der Waals surface area contributed by atoms with Crippen LogP contribution in [-0.4, -0.2) is 53.4 Å². The number of ether oxygens (including phenoxy) is 1. The zero-order chi connectivity index (χ0) is 21.7. The zero-order valence-corrected chi connectivity index (χ0v) is 18.2. The molecule has 0 bridgehead atoms. The van der Waals surface area contributed by atoms with Crippen molar-refractivity contribution in [2.45, 2.75) is 46.0 Å². The Hall–Kier alpha value is -2.96. The molecule has 7 nitrogen and oxygen atoms in total. The van der Waals surface area contributed by atoms with Crippen LogP contribution in [-0.2, 0) is 11.2 Å². The average molecular weight is 411 g/mol. The van der Waals surface area contributed by atoms with Crippen LogP contribution in [0.5, 0.6) is 5.75 Å². The largest absolute Gasteiger partial charge is 0.497 e. The molecule has 30 heavy (non-hydrogen) atoms. The lowest BCUT2D eigenvalue weighted by molar-refractivity contribution is -0.120. The molecular weight excluding hydrogens is 380 g/mol. The molecule has 1 aromatic heterocycles. The number of carbonyl (C=O) groups is 2. The van der Waals surface area contributed by atoms with E-state index < -0.39 is 0 Å². The van der Waals surface area contributed by atoms with Gasteiger partial charge in [0.1, 0.15) is 11.6 Å². The number of benzene rings is 1. The molecule has 1 unspecified atom stereocenters. The highest BCUT2D eigenvalue weighted by Gasteiger charge is 2.30. The van der Waals surface area contributed by atoms with E-state index in [4.69, 9.17) is 14.7 Å². The van der Waals surface area contributed by atoms with Gasteiger partial charge in [-0.2, -0.15) is 0 Å². The summed E-state index contributed by atoms with van der Waals surface area (Å²) in [6.07, 6.45) is 2.03. The van der Waals surface area contributed by atoms with Gasteiger partial charge in [0.2, 0.25) is 5.91 Å². The molecular formula is C23H30N4O3. The summed E-state index contributed by atoms with van der Waals surface area (Å²) in [6, 6.07) is 7.22. The number of likely N-dealkylation sites (tertiary alicyclic amines) is 1. The minimum absolute atomic E-state index is 0.00433. The molecule has 2 heterocycles. The number of nitrogens with one attached hydrogen (secondary N) is 1. The van der Waals surface area contributed by atoms with Crippen LogP contribution in [0.25, 0.3) is 0 Å².